The first-order valence-electron chi connectivity index (χ1n) is 8.09. The second-order valence-corrected chi connectivity index (χ2v) is 7.89. The maximum atomic E-state index is 11.2. The first-order chi connectivity index (χ1) is 12.4. The lowest BCUT2D eigenvalue weighted by Gasteiger charge is -2.05. The van der Waals surface area contributed by atoms with Crippen LogP contribution < -0.4 is 10.5 Å². The quantitative estimate of drug-likeness (QED) is 0.558. The summed E-state index contributed by atoms with van der Waals surface area (Å²) >= 11 is 6.00. The Hall–Kier alpha value is -1.83. The fourth-order valence-corrected chi connectivity index (χ4v) is 3.27. The Bertz CT molecular complexity index is 986. The zero-order chi connectivity index (χ0) is 18.6. The van der Waals surface area contributed by atoms with E-state index in [1.165, 1.54) is 12.1 Å². The summed E-state index contributed by atoms with van der Waals surface area (Å²) in [4.78, 5) is 0.123. The van der Waals surface area contributed by atoms with Crippen LogP contribution in [0.5, 0.6) is 0 Å². The molecule has 0 saturated carbocycles. The molecule has 3 rings (SSSR count). The fourth-order valence-electron chi connectivity index (χ4n) is 2.56. The lowest BCUT2D eigenvalue weighted by atomic mass is 10.1. The Morgan fingerprint density at radius 3 is 2.44 bits per heavy atom. The van der Waals surface area contributed by atoms with E-state index in [0.29, 0.717) is 11.6 Å². The predicted octanol–water partition coefficient (Wildman–Crippen LogP) is 4.00. The van der Waals surface area contributed by atoms with Gasteiger partial charge < -0.3 is 9.73 Å². The second-order valence-electron chi connectivity index (χ2n) is 5.89. The third-order valence-electron chi connectivity index (χ3n) is 3.91. The Balaban J connectivity index is 0.00000261. The maximum Gasteiger partial charge on any atom is 0.238 e. The molecule has 1 aromatic heterocycles. The highest BCUT2D eigenvalue weighted by Gasteiger charge is 2.07. The van der Waals surface area contributed by atoms with Crippen LogP contribution in [0.15, 0.2) is 70.0 Å². The lowest BCUT2D eigenvalue weighted by Crippen LogP contribution is -2.16. The molecule has 3 N–H and O–H groups in total. The van der Waals surface area contributed by atoms with Gasteiger partial charge in [0, 0.05) is 10.6 Å². The number of hydrogen-bond acceptors (Lipinski definition) is 4. The molecule has 0 fully saturated rings. The molecular weight excluding hydrogens is 407 g/mol. The van der Waals surface area contributed by atoms with Gasteiger partial charge in [-0.1, -0.05) is 35.9 Å². The highest BCUT2D eigenvalue weighted by Crippen LogP contribution is 2.24. The first kappa shape index (κ1) is 21.5. The van der Waals surface area contributed by atoms with Crippen molar-refractivity contribution < 1.29 is 12.8 Å². The Kier molecular flexibility index (Phi) is 7.47. The smallest absolute Gasteiger partial charge is 0.238 e. The first-order valence-corrected chi connectivity index (χ1v) is 10.0. The lowest BCUT2D eigenvalue weighted by molar-refractivity contribution is 0.494. The molecular formula is C19H20Cl2N2O3S. The third kappa shape index (κ3) is 6.09. The Morgan fingerprint density at radius 2 is 1.78 bits per heavy atom. The molecule has 144 valence electrons. The SMILES string of the molecule is Cl.NS(=O)(=O)c1ccc(CCNCc2ccc(-c3cccc(Cl)c3)o2)cc1. The molecule has 0 spiro atoms. The van der Waals surface area contributed by atoms with Crippen molar-refractivity contribution in [1.29, 1.82) is 0 Å². The van der Waals surface area contributed by atoms with Gasteiger partial charge in [0.05, 0.1) is 11.4 Å². The molecule has 0 aliphatic carbocycles. The van der Waals surface area contributed by atoms with Gasteiger partial charge in [0.15, 0.2) is 0 Å². The summed E-state index contributed by atoms with van der Waals surface area (Å²) in [5, 5.41) is 9.07. The summed E-state index contributed by atoms with van der Waals surface area (Å²) in [6.07, 6.45) is 0.771. The average molecular weight is 427 g/mol. The molecule has 1 heterocycles. The van der Waals surface area contributed by atoms with Crippen molar-refractivity contribution in [3.63, 3.8) is 0 Å². The summed E-state index contributed by atoms with van der Waals surface area (Å²) in [6.45, 7) is 1.34. The minimum Gasteiger partial charge on any atom is -0.460 e. The topological polar surface area (TPSA) is 85.3 Å². The van der Waals surface area contributed by atoms with Gasteiger partial charge in [-0.2, -0.15) is 0 Å². The van der Waals surface area contributed by atoms with Gasteiger partial charge in [0.2, 0.25) is 10.0 Å². The van der Waals surface area contributed by atoms with E-state index in [0.717, 1.165) is 35.6 Å². The number of furan rings is 1. The van der Waals surface area contributed by atoms with E-state index in [4.69, 9.17) is 21.2 Å². The van der Waals surface area contributed by atoms with E-state index in [9.17, 15) is 8.42 Å². The molecule has 0 aliphatic heterocycles. The van der Waals surface area contributed by atoms with Crippen LogP contribution >= 0.6 is 24.0 Å². The molecule has 0 radical (unpaired) electrons. The highest BCUT2D eigenvalue weighted by atomic mass is 35.5. The highest BCUT2D eigenvalue weighted by molar-refractivity contribution is 7.89. The van der Waals surface area contributed by atoms with Crippen LogP contribution in [0.25, 0.3) is 11.3 Å². The van der Waals surface area contributed by atoms with Gasteiger partial charge in [0.1, 0.15) is 11.5 Å². The van der Waals surface area contributed by atoms with Gasteiger partial charge in [0.25, 0.3) is 0 Å². The maximum absolute atomic E-state index is 11.2. The zero-order valence-corrected chi connectivity index (χ0v) is 16.8. The molecule has 5 nitrogen and oxygen atoms in total. The predicted molar refractivity (Wildman–Crippen MR) is 110 cm³/mol. The number of nitrogens with one attached hydrogen (secondary N) is 1. The monoisotopic (exact) mass is 426 g/mol. The minimum absolute atomic E-state index is 0. The van der Waals surface area contributed by atoms with Crippen LogP contribution in [0.4, 0.5) is 0 Å². The number of hydrogen-bond donors (Lipinski definition) is 2. The molecule has 0 bridgehead atoms. The molecule has 0 aliphatic rings. The molecule has 0 amide bonds. The van der Waals surface area contributed by atoms with Crippen molar-refractivity contribution in [2.45, 2.75) is 17.9 Å². The van der Waals surface area contributed by atoms with E-state index < -0.39 is 10.0 Å². The summed E-state index contributed by atoms with van der Waals surface area (Å²) in [5.74, 6) is 1.62. The molecule has 8 heteroatoms. The molecule has 0 atom stereocenters. The number of rotatable bonds is 7. The second kappa shape index (κ2) is 9.39. The minimum atomic E-state index is -3.64. The molecule has 2 aromatic carbocycles. The van der Waals surface area contributed by atoms with Crippen LogP contribution in [0.1, 0.15) is 11.3 Å². The van der Waals surface area contributed by atoms with Crippen LogP contribution in [0, 0.1) is 0 Å². The largest absolute Gasteiger partial charge is 0.460 e. The van der Waals surface area contributed by atoms with Gasteiger partial charge in [-0.15, -0.1) is 12.4 Å². The summed E-state index contributed by atoms with van der Waals surface area (Å²) in [6, 6.07) is 18.0. The van der Waals surface area contributed by atoms with E-state index in [1.807, 2.05) is 36.4 Å². The van der Waals surface area contributed by atoms with E-state index in [-0.39, 0.29) is 17.3 Å². The Morgan fingerprint density at radius 1 is 1.04 bits per heavy atom. The van der Waals surface area contributed by atoms with E-state index in [1.54, 1.807) is 12.1 Å². The van der Waals surface area contributed by atoms with Crippen LogP contribution in [-0.4, -0.2) is 15.0 Å². The average Bonchev–Trinajstić information content (AvgIpc) is 3.07. The molecule has 27 heavy (non-hydrogen) atoms. The van der Waals surface area contributed by atoms with Gasteiger partial charge in [-0.3, -0.25) is 0 Å². The van der Waals surface area contributed by atoms with Crippen LogP contribution in [-0.2, 0) is 23.0 Å². The van der Waals surface area contributed by atoms with Crippen molar-refractivity contribution in [1.82, 2.24) is 5.32 Å². The number of primary sulfonamides is 1. The van der Waals surface area contributed by atoms with Crippen molar-refractivity contribution in [3.05, 3.63) is 77.0 Å². The van der Waals surface area contributed by atoms with Crippen LogP contribution in [0.2, 0.25) is 5.02 Å². The Labute approximate surface area is 170 Å². The van der Waals surface area contributed by atoms with Crippen LogP contribution in [0.3, 0.4) is 0 Å². The van der Waals surface area contributed by atoms with E-state index in [2.05, 4.69) is 5.32 Å². The van der Waals surface area contributed by atoms with Crippen molar-refractivity contribution in [2.24, 2.45) is 5.14 Å². The van der Waals surface area contributed by atoms with E-state index >= 15 is 0 Å². The molecule has 0 unspecified atom stereocenters. The molecule has 0 saturated heterocycles. The third-order valence-corrected chi connectivity index (χ3v) is 5.08. The number of sulfonamides is 1. The summed E-state index contributed by atoms with van der Waals surface area (Å²) < 4.78 is 28.3. The normalized spacial score (nSPS) is 11.2. The van der Waals surface area contributed by atoms with Gasteiger partial charge in [-0.25, -0.2) is 13.6 Å². The number of benzene rings is 2. The summed E-state index contributed by atoms with van der Waals surface area (Å²) in [5.41, 5.74) is 1.97. The number of nitrogens with two attached hydrogens (primary N) is 1. The van der Waals surface area contributed by atoms with Crippen molar-refractivity contribution in [2.75, 3.05) is 6.54 Å². The van der Waals surface area contributed by atoms with Crippen molar-refractivity contribution in [3.8, 4) is 11.3 Å². The molecule has 3 aromatic rings. The number of halogens is 2. The zero-order valence-electron chi connectivity index (χ0n) is 14.4. The van der Waals surface area contributed by atoms with Gasteiger partial charge >= 0.3 is 0 Å². The standard InChI is InChI=1S/C19H19ClN2O3S.ClH/c20-16-3-1-2-15(12-16)19-9-6-17(25-19)13-22-11-10-14-4-7-18(8-5-14)26(21,23)24;/h1-9,12,22H,10-11,13H2,(H2,21,23,24);1H. The fraction of sp³-hybridized carbons (Fsp3) is 0.158. The van der Waals surface area contributed by atoms with Crippen molar-refractivity contribution >= 4 is 34.0 Å². The summed E-state index contributed by atoms with van der Waals surface area (Å²) in [7, 11) is -3.64. The van der Waals surface area contributed by atoms with Gasteiger partial charge in [-0.05, 0) is 54.9 Å².